The summed E-state index contributed by atoms with van der Waals surface area (Å²) in [6, 6.07) is 2.09. The van der Waals surface area contributed by atoms with Crippen LogP contribution in [0.4, 0.5) is 5.82 Å². The van der Waals surface area contributed by atoms with E-state index in [2.05, 4.69) is 41.4 Å². The van der Waals surface area contributed by atoms with Crippen molar-refractivity contribution in [2.24, 2.45) is 0 Å². The lowest BCUT2D eigenvalue weighted by Gasteiger charge is -2.22. The average molecular weight is 472 g/mol. The van der Waals surface area contributed by atoms with Crippen LogP contribution < -0.4 is 10.6 Å². The van der Waals surface area contributed by atoms with Gasteiger partial charge in [0.2, 0.25) is 0 Å². The predicted octanol–water partition coefficient (Wildman–Crippen LogP) is 3.60. The van der Waals surface area contributed by atoms with Crippen molar-refractivity contribution in [1.29, 1.82) is 0 Å². The normalized spacial score (nSPS) is 20.7. The number of aryl methyl sites for hydroxylation is 1. The third-order valence-electron chi connectivity index (χ3n) is 6.22. The van der Waals surface area contributed by atoms with Crippen LogP contribution >= 0.6 is 11.3 Å². The lowest BCUT2D eigenvalue weighted by atomic mass is 10.0. The van der Waals surface area contributed by atoms with Crippen molar-refractivity contribution in [3.05, 3.63) is 28.5 Å². The van der Waals surface area contributed by atoms with Gasteiger partial charge in [-0.2, -0.15) is 0 Å². The number of thiazole rings is 1. The van der Waals surface area contributed by atoms with Crippen LogP contribution in [0.25, 0.3) is 10.4 Å². The molecule has 33 heavy (non-hydrogen) atoms. The summed E-state index contributed by atoms with van der Waals surface area (Å²) in [5, 5.41) is 15.6. The molecule has 0 aromatic carbocycles. The maximum atomic E-state index is 13.6. The molecule has 3 N–H and O–H groups in total. The molecule has 2 bridgehead atoms. The number of carbonyl (C=O) groups is 2. The topological polar surface area (TPSA) is 107 Å². The fourth-order valence-electron chi connectivity index (χ4n) is 4.69. The Labute approximate surface area is 198 Å². The summed E-state index contributed by atoms with van der Waals surface area (Å²) in [5.41, 5.74) is 1.95. The summed E-state index contributed by atoms with van der Waals surface area (Å²) >= 11 is 1.20. The lowest BCUT2D eigenvalue weighted by Crippen LogP contribution is -2.36. The van der Waals surface area contributed by atoms with E-state index >= 15 is 0 Å². The van der Waals surface area contributed by atoms with Crippen molar-refractivity contribution in [1.82, 2.24) is 20.2 Å². The van der Waals surface area contributed by atoms with E-state index in [4.69, 9.17) is 0 Å². The minimum absolute atomic E-state index is 0.100. The smallest absolute Gasteiger partial charge is 0.280 e. The molecule has 0 unspecified atom stereocenters. The van der Waals surface area contributed by atoms with Crippen LogP contribution in [0.5, 0.6) is 0 Å². The van der Waals surface area contributed by atoms with E-state index in [0.717, 1.165) is 42.6 Å². The van der Waals surface area contributed by atoms with Crippen LogP contribution in [0.1, 0.15) is 79.2 Å². The molecule has 1 atom stereocenters. The van der Waals surface area contributed by atoms with Crippen LogP contribution in [0.3, 0.4) is 0 Å². The van der Waals surface area contributed by atoms with E-state index in [9.17, 15) is 14.7 Å². The average Bonchev–Trinajstić information content (AvgIpc) is 3.46. The standard InChI is InChI=1S/C24H33N5O3S/c1-13-10-18(28-24(3,4)5)25-11-17(13)20-19(23(32)29-15-6-7-16(29)9-8-15)27-22(33-20)21(31)26-14(2)12-30/h10-11,14-16,30H,6-9,12H2,1-5H3,(H,25,28)(H,26,31)/t14-,15?,16?/m1/s1. The second-order valence-corrected chi connectivity index (χ2v) is 11.2. The minimum atomic E-state index is -0.399. The molecule has 178 valence electrons. The number of nitrogens with one attached hydrogen (secondary N) is 2. The Morgan fingerprint density at radius 1 is 1.24 bits per heavy atom. The van der Waals surface area contributed by atoms with Gasteiger partial charge in [0, 0.05) is 35.4 Å². The molecule has 2 aromatic heterocycles. The second-order valence-electron chi connectivity index (χ2n) is 10.2. The number of amides is 2. The molecule has 2 aromatic rings. The van der Waals surface area contributed by atoms with E-state index in [1.54, 1.807) is 13.1 Å². The van der Waals surface area contributed by atoms with Gasteiger partial charge in [0.05, 0.1) is 11.5 Å². The lowest BCUT2D eigenvalue weighted by molar-refractivity contribution is 0.0725. The molecule has 9 heteroatoms. The molecule has 2 saturated heterocycles. The molecule has 0 spiro atoms. The molecule has 0 aliphatic carbocycles. The molecule has 0 radical (unpaired) electrons. The Morgan fingerprint density at radius 2 is 1.88 bits per heavy atom. The summed E-state index contributed by atoms with van der Waals surface area (Å²) in [6.07, 6.45) is 5.89. The van der Waals surface area contributed by atoms with Crippen molar-refractivity contribution >= 4 is 29.0 Å². The van der Waals surface area contributed by atoms with Gasteiger partial charge in [0.1, 0.15) is 11.5 Å². The summed E-state index contributed by atoms with van der Waals surface area (Å²) in [6.45, 7) is 9.74. The van der Waals surface area contributed by atoms with Gasteiger partial charge in [-0.1, -0.05) is 0 Å². The SMILES string of the molecule is Cc1cc(NC(C)(C)C)ncc1-c1sc(C(=O)N[C@H](C)CO)nc1C(=O)N1C2CCC1CC2. The number of fused-ring (bicyclic) bond motifs is 2. The maximum absolute atomic E-state index is 13.6. The molecular weight excluding hydrogens is 438 g/mol. The first-order chi connectivity index (χ1) is 15.6. The molecule has 2 amide bonds. The highest BCUT2D eigenvalue weighted by atomic mass is 32.1. The van der Waals surface area contributed by atoms with Crippen LogP contribution in [-0.2, 0) is 0 Å². The predicted molar refractivity (Wildman–Crippen MR) is 130 cm³/mol. The Bertz CT molecular complexity index is 1040. The first-order valence-corrected chi connectivity index (χ1v) is 12.4. The highest BCUT2D eigenvalue weighted by Gasteiger charge is 2.44. The number of nitrogens with zero attached hydrogens (tertiary/aromatic N) is 3. The first-order valence-electron chi connectivity index (χ1n) is 11.6. The van der Waals surface area contributed by atoms with E-state index in [-0.39, 0.29) is 41.1 Å². The Morgan fingerprint density at radius 3 is 2.42 bits per heavy atom. The maximum Gasteiger partial charge on any atom is 0.280 e. The van der Waals surface area contributed by atoms with E-state index in [0.29, 0.717) is 10.6 Å². The van der Waals surface area contributed by atoms with Gasteiger partial charge < -0.3 is 20.6 Å². The zero-order valence-electron chi connectivity index (χ0n) is 19.9. The number of aromatic nitrogens is 2. The third-order valence-corrected chi connectivity index (χ3v) is 7.31. The van der Waals surface area contributed by atoms with Crippen molar-refractivity contribution in [2.45, 2.75) is 84.0 Å². The Kier molecular flexibility index (Phi) is 6.46. The van der Waals surface area contributed by atoms with Gasteiger partial charge >= 0.3 is 0 Å². The molecular formula is C24H33N5O3S. The quantitative estimate of drug-likeness (QED) is 0.594. The number of aliphatic hydroxyl groups excluding tert-OH is 1. The van der Waals surface area contributed by atoms with Crippen molar-refractivity contribution in [2.75, 3.05) is 11.9 Å². The second kappa shape index (κ2) is 9.02. The summed E-state index contributed by atoms with van der Waals surface area (Å²) in [7, 11) is 0. The van der Waals surface area contributed by atoms with E-state index < -0.39 is 6.04 Å². The van der Waals surface area contributed by atoms with Crippen molar-refractivity contribution < 1.29 is 14.7 Å². The minimum Gasteiger partial charge on any atom is -0.394 e. The Balaban J connectivity index is 1.73. The number of carbonyl (C=O) groups excluding carboxylic acids is 2. The van der Waals surface area contributed by atoms with Crippen molar-refractivity contribution in [3.63, 3.8) is 0 Å². The molecule has 2 aliphatic heterocycles. The molecule has 4 rings (SSSR count). The van der Waals surface area contributed by atoms with Crippen molar-refractivity contribution in [3.8, 4) is 10.4 Å². The highest BCUT2D eigenvalue weighted by molar-refractivity contribution is 7.17. The number of hydrogen-bond donors (Lipinski definition) is 3. The summed E-state index contributed by atoms with van der Waals surface area (Å²) in [5.74, 6) is 0.271. The summed E-state index contributed by atoms with van der Waals surface area (Å²) in [4.78, 5) is 38.2. The van der Waals surface area contributed by atoms with E-state index in [1.165, 1.54) is 11.3 Å². The van der Waals surface area contributed by atoms with Gasteiger partial charge in [-0.05, 0) is 71.9 Å². The van der Waals surface area contributed by atoms with Gasteiger partial charge in [-0.3, -0.25) is 9.59 Å². The fourth-order valence-corrected chi connectivity index (χ4v) is 5.72. The Hall–Kier alpha value is -2.52. The summed E-state index contributed by atoms with van der Waals surface area (Å²) < 4.78 is 0. The fraction of sp³-hybridized carbons (Fsp3) is 0.583. The monoisotopic (exact) mass is 471 g/mol. The molecule has 8 nitrogen and oxygen atoms in total. The third kappa shape index (κ3) is 4.89. The molecule has 2 aliphatic rings. The number of rotatable bonds is 6. The van der Waals surface area contributed by atoms with Crippen LogP contribution in [0, 0.1) is 6.92 Å². The van der Waals surface area contributed by atoms with Gasteiger partial charge in [0.25, 0.3) is 11.8 Å². The number of aliphatic hydroxyl groups is 1. The van der Waals surface area contributed by atoms with Crippen LogP contribution in [-0.4, -0.2) is 62.1 Å². The molecule has 4 heterocycles. The first kappa shape index (κ1) is 23.6. The molecule has 0 saturated carbocycles. The molecule has 2 fully saturated rings. The van der Waals surface area contributed by atoms with E-state index in [1.807, 2.05) is 17.9 Å². The van der Waals surface area contributed by atoms with Crippen LogP contribution in [0.15, 0.2) is 12.3 Å². The zero-order valence-corrected chi connectivity index (χ0v) is 20.8. The van der Waals surface area contributed by atoms with Crippen LogP contribution in [0.2, 0.25) is 0 Å². The van der Waals surface area contributed by atoms with Gasteiger partial charge in [-0.15, -0.1) is 11.3 Å². The largest absolute Gasteiger partial charge is 0.394 e. The number of anilines is 1. The highest BCUT2D eigenvalue weighted by Crippen LogP contribution is 2.41. The van der Waals surface area contributed by atoms with Gasteiger partial charge in [-0.25, -0.2) is 9.97 Å². The number of hydrogen-bond acceptors (Lipinski definition) is 7. The van der Waals surface area contributed by atoms with Gasteiger partial charge in [0.15, 0.2) is 5.01 Å². The number of pyridine rings is 1. The zero-order chi connectivity index (χ0) is 23.9.